The lowest BCUT2D eigenvalue weighted by Crippen LogP contribution is -2.56. The van der Waals surface area contributed by atoms with E-state index in [1.807, 2.05) is 20.8 Å². The van der Waals surface area contributed by atoms with Crippen molar-refractivity contribution in [3.63, 3.8) is 0 Å². The number of carbonyl (C=O) groups is 3. The lowest BCUT2D eigenvalue weighted by molar-refractivity contribution is -0.141. The molecule has 0 aromatic carbocycles. The Morgan fingerprint density at radius 3 is 2.71 bits per heavy atom. The highest BCUT2D eigenvalue weighted by atomic mass is 16.2. The molecule has 0 radical (unpaired) electrons. The molecular formula is C11H19N3O3. The summed E-state index contributed by atoms with van der Waals surface area (Å²) in [7, 11) is 0. The quantitative estimate of drug-likeness (QED) is 0.493. The molecule has 1 heterocycles. The largest absolute Gasteiger partial charge is 0.354 e. The van der Waals surface area contributed by atoms with Crippen molar-refractivity contribution in [2.24, 2.45) is 0 Å². The van der Waals surface area contributed by atoms with Gasteiger partial charge >= 0.3 is 0 Å². The van der Waals surface area contributed by atoms with Crippen LogP contribution in [0.2, 0.25) is 0 Å². The zero-order valence-electron chi connectivity index (χ0n) is 10.4. The number of carbonyl (C=O) groups excluding carboxylic acids is 3. The van der Waals surface area contributed by atoms with E-state index < -0.39 is 23.4 Å². The molecule has 1 atom stereocenters. The van der Waals surface area contributed by atoms with Crippen LogP contribution < -0.4 is 10.6 Å². The monoisotopic (exact) mass is 241 g/mol. The Morgan fingerprint density at radius 2 is 2.18 bits per heavy atom. The van der Waals surface area contributed by atoms with Crippen LogP contribution >= 0.6 is 0 Å². The van der Waals surface area contributed by atoms with E-state index >= 15 is 0 Å². The Morgan fingerprint density at radius 1 is 1.53 bits per heavy atom. The molecule has 3 amide bonds. The predicted molar refractivity (Wildman–Crippen MR) is 62.1 cm³/mol. The van der Waals surface area contributed by atoms with Crippen LogP contribution in [0.15, 0.2) is 0 Å². The molecule has 0 aromatic rings. The van der Waals surface area contributed by atoms with Crippen LogP contribution in [0, 0.1) is 0 Å². The third-order valence-electron chi connectivity index (χ3n) is 2.35. The molecule has 6 heteroatoms. The number of hydrogen-bond acceptors (Lipinski definition) is 3. The SMILES string of the molecule is CC(C)(C)NC(=O)C1C(=O)NCCCN1C=O. The van der Waals surface area contributed by atoms with Gasteiger partial charge in [0.2, 0.25) is 6.41 Å². The molecule has 0 aromatic heterocycles. The molecule has 0 saturated carbocycles. The average Bonchev–Trinajstić information content (AvgIpc) is 2.36. The molecule has 1 aliphatic rings. The fourth-order valence-corrected chi connectivity index (χ4v) is 1.67. The van der Waals surface area contributed by atoms with Gasteiger partial charge in [-0.1, -0.05) is 0 Å². The molecule has 1 unspecified atom stereocenters. The summed E-state index contributed by atoms with van der Waals surface area (Å²) in [6.07, 6.45) is 1.21. The van der Waals surface area contributed by atoms with Gasteiger partial charge in [0.25, 0.3) is 11.8 Å². The molecule has 0 bridgehead atoms. The Balaban J connectivity index is 2.84. The minimum Gasteiger partial charge on any atom is -0.354 e. The number of nitrogens with one attached hydrogen (secondary N) is 2. The molecular weight excluding hydrogens is 222 g/mol. The summed E-state index contributed by atoms with van der Waals surface area (Å²) in [4.78, 5) is 35.9. The van der Waals surface area contributed by atoms with Gasteiger partial charge in [-0.2, -0.15) is 0 Å². The summed E-state index contributed by atoms with van der Waals surface area (Å²) in [6.45, 7) is 6.37. The van der Waals surface area contributed by atoms with Crippen LogP contribution in [0.4, 0.5) is 0 Å². The van der Waals surface area contributed by atoms with Crippen LogP contribution in [0.3, 0.4) is 0 Å². The first-order valence-electron chi connectivity index (χ1n) is 5.66. The molecule has 0 aliphatic carbocycles. The van der Waals surface area contributed by atoms with Crippen LogP contribution in [0.25, 0.3) is 0 Å². The molecule has 1 saturated heterocycles. The summed E-state index contributed by atoms with van der Waals surface area (Å²) >= 11 is 0. The minimum absolute atomic E-state index is 0.407. The van der Waals surface area contributed by atoms with Crippen LogP contribution in [0.1, 0.15) is 27.2 Å². The maximum absolute atomic E-state index is 12.0. The van der Waals surface area contributed by atoms with E-state index in [9.17, 15) is 14.4 Å². The smallest absolute Gasteiger partial charge is 0.253 e. The first-order valence-corrected chi connectivity index (χ1v) is 5.66. The summed E-state index contributed by atoms with van der Waals surface area (Å²) in [6, 6.07) is -1.06. The first kappa shape index (κ1) is 13.5. The lowest BCUT2D eigenvalue weighted by Gasteiger charge is -2.28. The maximum Gasteiger partial charge on any atom is 0.253 e. The van der Waals surface area contributed by atoms with Crippen LogP contribution in [-0.4, -0.2) is 47.8 Å². The number of rotatable bonds is 2. The van der Waals surface area contributed by atoms with E-state index in [4.69, 9.17) is 0 Å². The second kappa shape index (κ2) is 5.16. The van der Waals surface area contributed by atoms with Gasteiger partial charge in [-0.3, -0.25) is 14.4 Å². The molecule has 1 fully saturated rings. The summed E-state index contributed by atoms with van der Waals surface area (Å²) in [5, 5.41) is 5.34. The highest BCUT2D eigenvalue weighted by Gasteiger charge is 2.35. The van der Waals surface area contributed by atoms with Gasteiger partial charge in [0.05, 0.1) is 0 Å². The number of hydrogen-bond donors (Lipinski definition) is 2. The molecule has 1 rings (SSSR count). The van der Waals surface area contributed by atoms with Crippen molar-refractivity contribution in [1.82, 2.24) is 15.5 Å². The fraction of sp³-hybridized carbons (Fsp3) is 0.727. The average molecular weight is 241 g/mol. The van der Waals surface area contributed by atoms with Gasteiger partial charge in [0.15, 0.2) is 6.04 Å². The Hall–Kier alpha value is -1.59. The van der Waals surface area contributed by atoms with Crippen molar-refractivity contribution in [2.45, 2.75) is 38.8 Å². The lowest BCUT2D eigenvalue weighted by atomic mass is 10.1. The van der Waals surface area contributed by atoms with E-state index in [1.54, 1.807) is 0 Å². The van der Waals surface area contributed by atoms with Crippen molar-refractivity contribution in [3.05, 3.63) is 0 Å². The third kappa shape index (κ3) is 3.72. The van der Waals surface area contributed by atoms with Gasteiger partial charge in [-0.15, -0.1) is 0 Å². The van der Waals surface area contributed by atoms with E-state index in [-0.39, 0.29) is 0 Å². The van der Waals surface area contributed by atoms with Crippen molar-refractivity contribution in [3.8, 4) is 0 Å². The fourth-order valence-electron chi connectivity index (χ4n) is 1.67. The first-order chi connectivity index (χ1) is 7.85. The number of amides is 3. The van der Waals surface area contributed by atoms with E-state index in [1.165, 1.54) is 4.90 Å². The van der Waals surface area contributed by atoms with Gasteiger partial charge in [-0.25, -0.2) is 0 Å². The van der Waals surface area contributed by atoms with Gasteiger partial charge in [0, 0.05) is 18.6 Å². The van der Waals surface area contributed by atoms with E-state index in [0.717, 1.165) is 0 Å². The second-order valence-electron chi connectivity index (χ2n) is 5.13. The highest BCUT2D eigenvalue weighted by Crippen LogP contribution is 2.06. The van der Waals surface area contributed by atoms with Crippen LogP contribution in [0.5, 0.6) is 0 Å². The predicted octanol–water partition coefficient (Wildman–Crippen LogP) is -0.752. The Bertz CT molecular complexity index is 322. The van der Waals surface area contributed by atoms with Crippen molar-refractivity contribution in [2.75, 3.05) is 13.1 Å². The van der Waals surface area contributed by atoms with Gasteiger partial charge in [-0.05, 0) is 27.2 Å². The highest BCUT2D eigenvalue weighted by molar-refractivity contribution is 6.06. The minimum atomic E-state index is -1.06. The van der Waals surface area contributed by atoms with Crippen molar-refractivity contribution in [1.29, 1.82) is 0 Å². The zero-order chi connectivity index (χ0) is 13.1. The molecule has 1 aliphatic heterocycles. The molecule has 96 valence electrons. The summed E-state index contributed by atoms with van der Waals surface area (Å²) in [5.74, 6) is -0.861. The normalized spacial score (nSPS) is 21.5. The second-order valence-corrected chi connectivity index (χ2v) is 5.13. The van der Waals surface area contributed by atoms with Crippen LogP contribution in [-0.2, 0) is 14.4 Å². The molecule has 2 N–H and O–H groups in total. The van der Waals surface area contributed by atoms with Crippen molar-refractivity contribution >= 4 is 18.2 Å². The third-order valence-corrected chi connectivity index (χ3v) is 2.35. The Labute approximate surface area is 101 Å². The van der Waals surface area contributed by atoms with E-state index in [0.29, 0.717) is 25.9 Å². The zero-order valence-corrected chi connectivity index (χ0v) is 10.4. The molecule has 17 heavy (non-hydrogen) atoms. The topological polar surface area (TPSA) is 78.5 Å². The standard InChI is InChI=1S/C11H19N3O3/c1-11(2,3)13-10(17)8-9(16)12-5-4-6-14(8)7-15/h7-8H,4-6H2,1-3H3,(H,12,16)(H,13,17). The number of nitrogens with zero attached hydrogens (tertiary/aromatic N) is 1. The molecule has 6 nitrogen and oxygen atoms in total. The summed E-state index contributed by atoms with van der Waals surface area (Å²) < 4.78 is 0. The maximum atomic E-state index is 12.0. The molecule has 0 spiro atoms. The van der Waals surface area contributed by atoms with Gasteiger partial charge in [0.1, 0.15) is 0 Å². The summed E-state index contributed by atoms with van der Waals surface area (Å²) in [5.41, 5.74) is -0.432. The van der Waals surface area contributed by atoms with Gasteiger partial charge < -0.3 is 15.5 Å². The van der Waals surface area contributed by atoms with E-state index in [2.05, 4.69) is 10.6 Å². The Kier molecular flexibility index (Phi) is 4.09. The van der Waals surface area contributed by atoms with Crippen molar-refractivity contribution < 1.29 is 14.4 Å².